The summed E-state index contributed by atoms with van der Waals surface area (Å²) >= 11 is 0. The number of carbonyl (C=O) groups is 1. The SMILES string of the molecule is COc1nc(C)cc(CNC(=O)C(C)(C)C)n1. The highest BCUT2D eigenvalue weighted by Gasteiger charge is 2.20. The largest absolute Gasteiger partial charge is 0.467 e. The zero-order valence-corrected chi connectivity index (χ0v) is 11.0. The maximum Gasteiger partial charge on any atom is 0.316 e. The van der Waals surface area contributed by atoms with E-state index in [1.165, 1.54) is 7.11 Å². The number of hydrogen-bond donors (Lipinski definition) is 1. The number of hydrogen-bond acceptors (Lipinski definition) is 4. The predicted molar refractivity (Wildman–Crippen MR) is 64.6 cm³/mol. The van der Waals surface area contributed by atoms with Gasteiger partial charge in [0.15, 0.2) is 0 Å². The van der Waals surface area contributed by atoms with Gasteiger partial charge >= 0.3 is 6.01 Å². The number of amides is 1. The van der Waals surface area contributed by atoms with Gasteiger partial charge in [0.2, 0.25) is 5.91 Å². The van der Waals surface area contributed by atoms with Crippen molar-refractivity contribution in [3.8, 4) is 6.01 Å². The Morgan fingerprint density at radius 2 is 2.06 bits per heavy atom. The molecule has 0 fully saturated rings. The first kappa shape index (κ1) is 13.4. The number of nitrogens with one attached hydrogen (secondary N) is 1. The van der Waals surface area contributed by atoms with Crippen molar-refractivity contribution < 1.29 is 9.53 Å². The number of carbonyl (C=O) groups excluding carboxylic acids is 1. The van der Waals surface area contributed by atoms with Gasteiger partial charge < -0.3 is 10.1 Å². The van der Waals surface area contributed by atoms with E-state index in [4.69, 9.17) is 4.74 Å². The van der Waals surface area contributed by atoms with Gasteiger partial charge in [0.25, 0.3) is 0 Å². The van der Waals surface area contributed by atoms with Gasteiger partial charge in [0.1, 0.15) is 0 Å². The maximum atomic E-state index is 11.7. The topological polar surface area (TPSA) is 64.1 Å². The van der Waals surface area contributed by atoms with Crippen molar-refractivity contribution in [2.45, 2.75) is 34.2 Å². The number of ether oxygens (including phenoxy) is 1. The molecule has 94 valence electrons. The molecular formula is C12H19N3O2. The molecule has 0 aromatic carbocycles. The second-order valence-corrected chi connectivity index (χ2v) is 4.92. The highest BCUT2D eigenvalue weighted by molar-refractivity contribution is 5.81. The van der Waals surface area contributed by atoms with Crippen molar-refractivity contribution in [2.75, 3.05) is 7.11 Å². The van der Waals surface area contributed by atoms with E-state index >= 15 is 0 Å². The first-order valence-corrected chi connectivity index (χ1v) is 5.50. The van der Waals surface area contributed by atoms with Crippen molar-refractivity contribution >= 4 is 5.91 Å². The third-order valence-corrected chi connectivity index (χ3v) is 2.18. The molecule has 0 atom stereocenters. The van der Waals surface area contributed by atoms with E-state index < -0.39 is 5.41 Å². The summed E-state index contributed by atoms with van der Waals surface area (Å²) in [6, 6.07) is 2.15. The molecule has 0 aliphatic heterocycles. The van der Waals surface area contributed by atoms with Crippen LogP contribution in [0.4, 0.5) is 0 Å². The van der Waals surface area contributed by atoms with Crippen molar-refractivity contribution in [2.24, 2.45) is 5.41 Å². The summed E-state index contributed by atoms with van der Waals surface area (Å²) in [6.07, 6.45) is 0. The van der Waals surface area contributed by atoms with Gasteiger partial charge in [0.05, 0.1) is 19.3 Å². The second-order valence-electron chi connectivity index (χ2n) is 4.92. The number of aryl methyl sites for hydroxylation is 1. The van der Waals surface area contributed by atoms with Gasteiger partial charge in [-0.15, -0.1) is 0 Å². The first-order valence-electron chi connectivity index (χ1n) is 5.50. The monoisotopic (exact) mass is 237 g/mol. The van der Waals surface area contributed by atoms with Gasteiger partial charge in [-0.1, -0.05) is 20.8 Å². The molecule has 1 amide bonds. The van der Waals surface area contributed by atoms with Crippen LogP contribution in [-0.4, -0.2) is 23.0 Å². The Morgan fingerprint density at radius 3 is 2.59 bits per heavy atom. The molecule has 0 aliphatic rings. The summed E-state index contributed by atoms with van der Waals surface area (Å²) in [5.41, 5.74) is 1.16. The lowest BCUT2D eigenvalue weighted by molar-refractivity contribution is -0.128. The Hall–Kier alpha value is -1.65. The van der Waals surface area contributed by atoms with Gasteiger partial charge in [-0.05, 0) is 13.0 Å². The van der Waals surface area contributed by atoms with E-state index in [1.807, 2.05) is 33.8 Å². The molecule has 1 N–H and O–H groups in total. The Balaban J connectivity index is 2.70. The second kappa shape index (κ2) is 5.12. The van der Waals surface area contributed by atoms with Gasteiger partial charge in [-0.3, -0.25) is 4.79 Å². The molecule has 1 aromatic rings. The van der Waals surface area contributed by atoms with Crippen LogP contribution >= 0.6 is 0 Å². The fourth-order valence-corrected chi connectivity index (χ4v) is 1.22. The minimum absolute atomic E-state index is 0.00673. The Morgan fingerprint density at radius 1 is 1.41 bits per heavy atom. The Bertz CT molecular complexity index is 411. The third kappa shape index (κ3) is 4.01. The van der Waals surface area contributed by atoms with Crippen molar-refractivity contribution in [3.05, 3.63) is 17.5 Å². The molecule has 0 bridgehead atoms. The number of rotatable bonds is 3. The Kier molecular flexibility index (Phi) is 4.04. The summed E-state index contributed by atoms with van der Waals surface area (Å²) in [6.45, 7) is 7.85. The van der Waals surface area contributed by atoms with Crippen LogP contribution in [0.2, 0.25) is 0 Å². The van der Waals surface area contributed by atoms with Crippen molar-refractivity contribution in [3.63, 3.8) is 0 Å². The number of methoxy groups -OCH3 is 1. The van der Waals surface area contributed by atoms with Crippen LogP contribution in [0.1, 0.15) is 32.2 Å². The van der Waals surface area contributed by atoms with Gasteiger partial charge in [0, 0.05) is 11.1 Å². The lowest BCUT2D eigenvalue weighted by atomic mass is 9.96. The Labute approximate surface area is 102 Å². The molecular weight excluding hydrogens is 218 g/mol. The summed E-state index contributed by atoms with van der Waals surface area (Å²) < 4.78 is 4.97. The molecule has 5 nitrogen and oxygen atoms in total. The van der Waals surface area contributed by atoms with Crippen LogP contribution in [0.25, 0.3) is 0 Å². The van der Waals surface area contributed by atoms with Crippen molar-refractivity contribution in [1.29, 1.82) is 0 Å². The standard InChI is InChI=1S/C12H19N3O2/c1-8-6-9(15-11(14-8)17-5)7-13-10(16)12(2,3)4/h6H,7H2,1-5H3,(H,13,16). The molecule has 0 spiro atoms. The van der Waals surface area contributed by atoms with Crippen LogP contribution in [0, 0.1) is 12.3 Å². The third-order valence-electron chi connectivity index (χ3n) is 2.18. The normalized spacial score (nSPS) is 11.1. The minimum Gasteiger partial charge on any atom is -0.467 e. The summed E-state index contributed by atoms with van der Waals surface area (Å²) in [5.74, 6) is -0.00673. The van der Waals surface area contributed by atoms with E-state index in [-0.39, 0.29) is 5.91 Å². The molecule has 0 saturated carbocycles. The van der Waals surface area contributed by atoms with Gasteiger partial charge in [-0.2, -0.15) is 4.98 Å². The molecule has 1 rings (SSSR count). The van der Waals surface area contributed by atoms with E-state index in [0.29, 0.717) is 12.6 Å². The van der Waals surface area contributed by atoms with Crippen LogP contribution in [-0.2, 0) is 11.3 Å². The molecule has 0 aliphatic carbocycles. The quantitative estimate of drug-likeness (QED) is 0.864. The zero-order valence-electron chi connectivity index (χ0n) is 11.0. The van der Waals surface area contributed by atoms with Gasteiger partial charge in [-0.25, -0.2) is 4.98 Å². The molecule has 17 heavy (non-hydrogen) atoms. The molecule has 0 saturated heterocycles. The summed E-state index contributed by atoms with van der Waals surface area (Å²) in [5, 5.41) is 2.83. The van der Waals surface area contributed by atoms with E-state index in [1.54, 1.807) is 0 Å². The average Bonchev–Trinajstić information content (AvgIpc) is 2.23. The first-order chi connectivity index (χ1) is 7.82. The van der Waals surface area contributed by atoms with Crippen LogP contribution in [0.15, 0.2) is 6.07 Å². The molecule has 1 heterocycles. The molecule has 1 aromatic heterocycles. The van der Waals surface area contributed by atoms with E-state index in [9.17, 15) is 4.79 Å². The number of nitrogens with zero attached hydrogens (tertiary/aromatic N) is 2. The lowest BCUT2D eigenvalue weighted by Gasteiger charge is -2.17. The van der Waals surface area contributed by atoms with Crippen LogP contribution < -0.4 is 10.1 Å². The van der Waals surface area contributed by atoms with Crippen LogP contribution in [0.5, 0.6) is 6.01 Å². The maximum absolute atomic E-state index is 11.7. The summed E-state index contributed by atoms with van der Waals surface area (Å²) in [4.78, 5) is 19.9. The van der Waals surface area contributed by atoms with E-state index in [0.717, 1.165) is 11.4 Å². The lowest BCUT2D eigenvalue weighted by Crippen LogP contribution is -2.34. The summed E-state index contributed by atoms with van der Waals surface area (Å²) in [7, 11) is 1.52. The fourth-order valence-electron chi connectivity index (χ4n) is 1.22. The highest BCUT2D eigenvalue weighted by atomic mass is 16.5. The average molecular weight is 237 g/mol. The minimum atomic E-state index is -0.397. The smallest absolute Gasteiger partial charge is 0.316 e. The zero-order chi connectivity index (χ0) is 13.1. The molecule has 0 unspecified atom stereocenters. The predicted octanol–water partition coefficient (Wildman–Crippen LogP) is 1.46. The molecule has 5 heteroatoms. The fraction of sp³-hybridized carbons (Fsp3) is 0.583. The number of aromatic nitrogens is 2. The van der Waals surface area contributed by atoms with E-state index in [2.05, 4.69) is 15.3 Å². The highest BCUT2D eigenvalue weighted by Crippen LogP contribution is 2.13. The molecule has 0 radical (unpaired) electrons. The van der Waals surface area contributed by atoms with Crippen molar-refractivity contribution in [1.82, 2.24) is 15.3 Å². The van der Waals surface area contributed by atoms with Crippen LogP contribution in [0.3, 0.4) is 0 Å².